The second-order valence-electron chi connectivity index (χ2n) is 8.47. The summed E-state index contributed by atoms with van der Waals surface area (Å²) in [6.45, 7) is 1.93. The smallest absolute Gasteiger partial charge is 0.290 e. The molecule has 0 radical (unpaired) electrons. The van der Waals surface area contributed by atoms with E-state index < -0.39 is 27.0 Å². The molecule has 1 aromatic carbocycles. The highest BCUT2D eigenvalue weighted by Crippen LogP contribution is 2.32. The Morgan fingerprint density at radius 1 is 1.11 bits per heavy atom. The molecule has 2 heterocycles. The lowest BCUT2D eigenvalue weighted by molar-refractivity contribution is 0.0822. The molecule has 0 spiro atoms. The number of hydrogen-bond acceptors (Lipinski definition) is 8. The van der Waals surface area contributed by atoms with Gasteiger partial charge in [-0.05, 0) is 12.0 Å². The fourth-order valence-corrected chi connectivity index (χ4v) is 4.17. The lowest BCUT2D eigenvalue weighted by Gasteiger charge is -2.21. The van der Waals surface area contributed by atoms with E-state index in [2.05, 4.69) is 25.6 Å². The minimum absolute atomic E-state index is 0.00383. The van der Waals surface area contributed by atoms with Gasteiger partial charge in [-0.1, -0.05) is 37.3 Å². The maximum atomic E-state index is 13.2. The number of nitrogens with one attached hydrogen (secondary N) is 4. The predicted octanol–water partition coefficient (Wildman–Crippen LogP) is 1.19. The van der Waals surface area contributed by atoms with Gasteiger partial charge in [-0.15, -0.1) is 0 Å². The van der Waals surface area contributed by atoms with E-state index in [4.69, 9.17) is 0 Å². The van der Waals surface area contributed by atoms with Gasteiger partial charge in [-0.25, -0.2) is 13.1 Å². The molecule has 3 aromatic rings. The van der Waals surface area contributed by atoms with Crippen molar-refractivity contribution in [2.24, 2.45) is 14.1 Å². The quantitative estimate of drug-likeness (QED) is 0.328. The Balaban J connectivity index is 2.19. The van der Waals surface area contributed by atoms with Gasteiger partial charge in [-0.2, -0.15) is 5.10 Å². The van der Waals surface area contributed by atoms with Gasteiger partial charge in [0, 0.05) is 28.2 Å². The number of carbonyl (C=O) groups is 1. The van der Waals surface area contributed by atoms with Crippen molar-refractivity contribution in [1.29, 1.82) is 0 Å². The average molecular weight is 519 g/mol. The Bertz CT molecular complexity index is 1490. The van der Waals surface area contributed by atoms with Crippen LogP contribution in [0.15, 0.2) is 39.9 Å². The molecule has 0 saturated heterocycles. The molecule has 0 aliphatic carbocycles. The van der Waals surface area contributed by atoms with Gasteiger partial charge < -0.3 is 15.5 Å². The van der Waals surface area contributed by atoms with E-state index in [1.54, 1.807) is 0 Å². The first-order chi connectivity index (χ1) is 16.8. The van der Waals surface area contributed by atoms with Crippen LogP contribution in [0, 0.1) is 0 Å². The van der Waals surface area contributed by atoms with E-state index in [1.807, 2.05) is 37.3 Å². The van der Waals surface area contributed by atoms with E-state index in [0.29, 0.717) is 6.42 Å². The van der Waals surface area contributed by atoms with Gasteiger partial charge in [-0.3, -0.25) is 28.9 Å². The van der Waals surface area contributed by atoms with Crippen LogP contribution in [-0.4, -0.2) is 59.1 Å². The topological polar surface area (TPSA) is 163 Å². The molecule has 1 unspecified atom stereocenters. The standard InChI is InChI=1S/C22H30N8O5S/c1-7-14(13-11-9-8-10-12-13)23-16-17(22(33)30(5)26-20(16)31)24-19-15(27-36(6,34)35)18(25-29(19)4)21(32)28(2)3/h8-12,14,23-24,27H,7H2,1-6H3,(H,26,31). The number of carbonyl (C=O) groups excluding carboxylic acids is 1. The summed E-state index contributed by atoms with van der Waals surface area (Å²) in [6.07, 6.45) is 1.53. The molecular weight excluding hydrogens is 488 g/mol. The molecule has 0 saturated carbocycles. The first-order valence-electron chi connectivity index (χ1n) is 11.0. The third kappa shape index (κ3) is 5.59. The Morgan fingerprint density at radius 3 is 2.31 bits per heavy atom. The number of benzene rings is 1. The van der Waals surface area contributed by atoms with Crippen LogP contribution in [0.5, 0.6) is 0 Å². The number of nitrogens with zero attached hydrogens (tertiary/aromatic N) is 4. The zero-order chi connectivity index (χ0) is 26.8. The first kappa shape index (κ1) is 26.5. The Kier molecular flexibility index (Phi) is 7.57. The summed E-state index contributed by atoms with van der Waals surface area (Å²) in [7, 11) is 2.02. The van der Waals surface area contributed by atoms with Crippen LogP contribution in [0.1, 0.15) is 35.4 Å². The number of aromatic amines is 1. The fourth-order valence-electron chi connectivity index (χ4n) is 3.61. The fraction of sp³-hybridized carbons (Fsp3) is 0.364. The maximum Gasteiger partial charge on any atom is 0.290 e. The largest absolute Gasteiger partial charge is 0.372 e. The minimum atomic E-state index is -3.84. The highest BCUT2D eigenvalue weighted by Gasteiger charge is 2.27. The van der Waals surface area contributed by atoms with Gasteiger partial charge >= 0.3 is 0 Å². The average Bonchev–Trinajstić information content (AvgIpc) is 3.10. The summed E-state index contributed by atoms with van der Waals surface area (Å²) >= 11 is 0. The summed E-state index contributed by atoms with van der Waals surface area (Å²) in [5.41, 5.74) is -0.764. The first-order valence-corrected chi connectivity index (χ1v) is 12.9. The molecule has 0 aliphatic heterocycles. The molecule has 3 rings (SSSR count). The van der Waals surface area contributed by atoms with Crippen LogP contribution in [0.4, 0.5) is 22.9 Å². The van der Waals surface area contributed by atoms with Crippen molar-refractivity contribution in [3.05, 3.63) is 62.3 Å². The van der Waals surface area contributed by atoms with Crippen LogP contribution in [0.2, 0.25) is 0 Å². The number of rotatable bonds is 9. The van der Waals surface area contributed by atoms with Crippen LogP contribution in [0.3, 0.4) is 0 Å². The van der Waals surface area contributed by atoms with Crippen LogP contribution >= 0.6 is 0 Å². The Hall–Kier alpha value is -4.07. The minimum Gasteiger partial charge on any atom is -0.372 e. The molecule has 1 amide bonds. The highest BCUT2D eigenvalue weighted by atomic mass is 32.2. The molecule has 36 heavy (non-hydrogen) atoms. The zero-order valence-corrected chi connectivity index (χ0v) is 21.7. The van der Waals surface area contributed by atoms with E-state index in [0.717, 1.165) is 16.5 Å². The third-order valence-electron chi connectivity index (χ3n) is 5.38. The molecule has 0 bridgehead atoms. The van der Waals surface area contributed by atoms with Crippen LogP contribution in [-0.2, 0) is 24.1 Å². The SMILES string of the molecule is CCC(Nc1c(Nc2c(NS(C)(=O)=O)c(C(=O)N(C)C)nn2C)c(=O)n(C)[nH]c1=O)c1ccccc1. The van der Waals surface area contributed by atoms with Crippen LogP contribution < -0.4 is 26.5 Å². The van der Waals surface area contributed by atoms with Crippen molar-refractivity contribution < 1.29 is 13.2 Å². The van der Waals surface area contributed by atoms with Crippen molar-refractivity contribution in [3.63, 3.8) is 0 Å². The number of sulfonamides is 1. The second-order valence-corrected chi connectivity index (χ2v) is 10.2. The summed E-state index contributed by atoms with van der Waals surface area (Å²) in [5, 5.41) is 12.6. The van der Waals surface area contributed by atoms with Gasteiger partial charge in [0.1, 0.15) is 17.1 Å². The molecule has 14 heteroatoms. The summed E-state index contributed by atoms with van der Waals surface area (Å²) < 4.78 is 28.8. The van der Waals surface area contributed by atoms with Crippen LogP contribution in [0.25, 0.3) is 0 Å². The number of anilines is 4. The molecule has 2 aromatic heterocycles. The summed E-state index contributed by atoms with van der Waals surface area (Å²) in [6, 6.07) is 9.12. The normalized spacial score (nSPS) is 12.2. The molecule has 194 valence electrons. The monoisotopic (exact) mass is 518 g/mol. The van der Waals surface area contributed by atoms with E-state index in [1.165, 1.54) is 37.8 Å². The number of amides is 1. The molecule has 0 fully saturated rings. The van der Waals surface area contributed by atoms with E-state index in [-0.39, 0.29) is 34.6 Å². The number of H-pyrrole nitrogens is 1. The second kappa shape index (κ2) is 10.3. The van der Waals surface area contributed by atoms with Crippen molar-refractivity contribution in [2.45, 2.75) is 19.4 Å². The van der Waals surface area contributed by atoms with E-state index >= 15 is 0 Å². The lowest BCUT2D eigenvalue weighted by atomic mass is 10.0. The van der Waals surface area contributed by atoms with Gasteiger partial charge in [0.05, 0.1) is 12.3 Å². The number of aromatic nitrogens is 4. The van der Waals surface area contributed by atoms with E-state index in [9.17, 15) is 22.8 Å². The molecule has 0 aliphatic rings. The van der Waals surface area contributed by atoms with Gasteiger partial charge in [0.2, 0.25) is 10.0 Å². The summed E-state index contributed by atoms with van der Waals surface area (Å²) in [5.74, 6) is -0.554. The molecular formula is C22H30N8O5S. The predicted molar refractivity (Wildman–Crippen MR) is 138 cm³/mol. The van der Waals surface area contributed by atoms with Crippen molar-refractivity contribution in [1.82, 2.24) is 24.5 Å². The molecule has 13 nitrogen and oxygen atoms in total. The van der Waals surface area contributed by atoms with Crippen molar-refractivity contribution in [2.75, 3.05) is 35.7 Å². The molecule has 4 N–H and O–H groups in total. The molecule has 1 atom stereocenters. The maximum absolute atomic E-state index is 13.2. The van der Waals surface area contributed by atoms with Crippen molar-refractivity contribution in [3.8, 4) is 0 Å². The Labute approximate surface area is 208 Å². The zero-order valence-electron chi connectivity index (χ0n) is 20.9. The number of hydrogen-bond donors (Lipinski definition) is 4. The van der Waals surface area contributed by atoms with Gasteiger partial charge in [0.15, 0.2) is 11.5 Å². The Morgan fingerprint density at radius 2 is 1.75 bits per heavy atom. The number of aryl methyl sites for hydroxylation is 2. The third-order valence-corrected chi connectivity index (χ3v) is 5.96. The summed E-state index contributed by atoms with van der Waals surface area (Å²) in [4.78, 5) is 40.1. The van der Waals surface area contributed by atoms with Crippen molar-refractivity contribution >= 4 is 38.8 Å². The lowest BCUT2D eigenvalue weighted by Crippen LogP contribution is -2.33. The highest BCUT2D eigenvalue weighted by molar-refractivity contribution is 7.92. The van der Waals surface area contributed by atoms with Gasteiger partial charge in [0.25, 0.3) is 17.0 Å².